The third-order valence-corrected chi connectivity index (χ3v) is 6.71. The first-order valence-electron chi connectivity index (χ1n) is 12.2. The van der Waals surface area contributed by atoms with E-state index in [1.54, 1.807) is 0 Å². The molecule has 0 bridgehead atoms. The van der Waals surface area contributed by atoms with Crippen molar-refractivity contribution < 1.29 is 0 Å². The predicted octanol–water partition coefficient (Wildman–Crippen LogP) is 9.59. The lowest BCUT2D eigenvalue weighted by molar-refractivity contribution is 0.779. The van der Waals surface area contributed by atoms with Crippen LogP contribution in [-0.4, -0.2) is 5.75 Å². The Morgan fingerprint density at radius 1 is 0.559 bits per heavy atom. The lowest BCUT2D eigenvalue weighted by Crippen LogP contribution is -1.97. The molecule has 0 saturated heterocycles. The Kier molecular flexibility index (Phi) is 8.99. The van der Waals surface area contributed by atoms with Gasteiger partial charge in [-0.1, -0.05) is 135 Å². The van der Waals surface area contributed by atoms with Crippen molar-refractivity contribution in [2.45, 2.75) is 26.2 Å². The van der Waals surface area contributed by atoms with Crippen molar-refractivity contribution >= 4 is 29.0 Å². The van der Waals surface area contributed by atoms with Crippen molar-refractivity contribution in [2.75, 3.05) is 5.75 Å². The first kappa shape index (κ1) is 23.9. The number of hydrogen-bond acceptors (Lipinski definition) is 1. The van der Waals surface area contributed by atoms with Crippen LogP contribution in [0, 0.1) is 0 Å². The maximum atomic E-state index is 2.26. The highest BCUT2D eigenvalue weighted by Gasteiger charge is 2.15. The van der Waals surface area contributed by atoms with Gasteiger partial charge in [0.25, 0.3) is 0 Å². The molecule has 0 fully saturated rings. The van der Waals surface area contributed by atoms with Gasteiger partial charge in [0.2, 0.25) is 0 Å². The SMILES string of the molecule is CCCCCS/C=C/c1ccc(C(=C(c2ccccc2)c2ccccc2)c2ccccc2)cc1. The van der Waals surface area contributed by atoms with Gasteiger partial charge in [0.15, 0.2) is 0 Å². The molecular weight excluding hydrogens is 428 g/mol. The van der Waals surface area contributed by atoms with Crippen LogP contribution >= 0.6 is 11.8 Å². The van der Waals surface area contributed by atoms with E-state index in [0.29, 0.717) is 0 Å². The average Bonchev–Trinajstić information content (AvgIpc) is 2.91. The van der Waals surface area contributed by atoms with Gasteiger partial charge in [-0.05, 0) is 62.6 Å². The average molecular weight is 461 g/mol. The van der Waals surface area contributed by atoms with Crippen molar-refractivity contribution in [2.24, 2.45) is 0 Å². The molecule has 1 heteroatoms. The fourth-order valence-electron chi connectivity index (χ4n) is 4.12. The van der Waals surface area contributed by atoms with Gasteiger partial charge in [-0.25, -0.2) is 0 Å². The van der Waals surface area contributed by atoms with E-state index in [2.05, 4.69) is 134 Å². The zero-order chi connectivity index (χ0) is 23.4. The highest BCUT2D eigenvalue weighted by Crippen LogP contribution is 2.36. The Hall–Kier alpha value is -3.29. The molecule has 0 saturated carbocycles. The van der Waals surface area contributed by atoms with Gasteiger partial charge in [-0.15, -0.1) is 11.8 Å². The summed E-state index contributed by atoms with van der Waals surface area (Å²) in [6, 6.07) is 41.2. The third-order valence-electron chi connectivity index (χ3n) is 5.86. The molecule has 0 aliphatic rings. The predicted molar refractivity (Wildman–Crippen MR) is 152 cm³/mol. The Labute approximate surface area is 209 Å². The zero-order valence-electron chi connectivity index (χ0n) is 19.9. The topological polar surface area (TPSA) is 0 Å². The van der Waals surface area contributed by atoms with Gasteiger partial charge in [-0.2, -0.15) is 0 Å². The summed E-state index contributed by atoms with van der Waals surface area (Å²) in [6.45, 7) is 2.25. The first-order valence-corrected chi connectivity index (χ1v) is 13.2. The van der Waals surface area contributed by atoms with E-state index < -0.39 is 0 Å². The molecule has 34 heavy (non-hydrogen) atoms. The minimum atomic E-state index is 1.20. The number of hydrogen-bond donors (Lipinski definition) is 0. The molecule has 0 aliphatic carbocycles. The largest absolute Gasteiger partial charge is 0.134 e. The monoisotopic (exact) mass is 460 g/mol. The smallest absolute Gasteiger partial charge is 0.00260 e. The Balaban J connectivity index is 1.76. The van der Waals surface area contributed by atoms with Crippen molar-refractivity contribution in [3.63, 3.8) is 0 Å². The second kappa shape index (κ2) is 12.8. The van der Waals surface area contributed by atoms with Crippen LogP contribution in [0.25, 0.3) is 17.2 Å². The summed E-state index contributed by atoms with van der Waals surface area (Å²) in [6.07, 6.45) is 6.10. The van der Waals surface area contributed by atoms with Crippen LogP contribution in [0.4, 0.5) is 0 Å². The quantitative estimate of drug-likeness (QED) is 0.168. The number of unbranched alkanes of at least 4 members (excludes halogenated alkanes) is 2. The summed E-state index contributed by atoms with van der Waals surface area (Å²) in [5.74, 6) is 1.20. The Morgan fingerprint density at radius 3 is 1.44 bits per heavy atom. The molecule has 0 aliphatic heterocycles. The molecule has 0 nitrogen and oxygen atoms in total. The van der Waals surface area contributed by atoms with Gasteiger partial charge in [0, 0.05) is 0 Å². The molecule has 0 unspecified atom stereocenters. The number of rotatable bonds is 10. The summed E-state index contributed by atoms with van der Waals surface area (Å²) in [7, 11) is 0. The molecule has 0 spiro atoms. The van der Waals surface area contributed by atoms with Crippen LogP contribution in [0.5, 0.6) is 0 Å². The van der Waals surface area contributed by atoms with Crippen molar-refractivity contribution in [1.29, 1.82) is 0 Å². The summed E-state index contributed by atoms with van der Waals surface area (Å²) in [5.41, 5.74) is 8.63. The molecule has 4 rings (SSSR count). The van der Waals surface area contributed by atoms with E-state index in [1.807, 2.05) is 11.8 Å². The van der Waals surface area contributed by atoms with Gasteiger partial charge in [0.1, 0.15) is 0 Å². The number of thioether (sulfide) groups is 1. The standard InChI is InChI=1S/C33H32S/c1-2-3-13-25-34-26-24-27-20-22-31(23-21-27)33(30-18-11-6-12-19-30)32(28-14-7-4-8-15-28)29-16-9-5-10-17-29/h4-12,14-24,26H,2-3,13,25H2,1H3/b26-24+. The summed E-state index contributed by atoms with van der Waals surface area (Å²) < 4.78 is 0. The highest BCUT2D eigenvalue weighted by molar-refractivity contribution is 8.02. The molecule has 4 aromatic carbocycles. The molecule has 4 aromatic rings. The lowest BCUT2D eigenvalue weighted by atomic mass is 9.85. The summed E-state index contributed by atoms with van der Waals surface area (Å²) in [4.78, 5) is 0. The van der Waals surface area contributed by atoms with Crippen molar-refractivity contribution in [1.82, 2.24) is 0 Å². The van der Waals surface area contributed by atoms with Crippen LogP contribution in [0.3, 0.4) is 0 Å². The normalized spacial score (nSPS) is 11.0. The molecule has 0 N–H and O–H groups in total. The molecule has 0 heterocycles. The van der Waals surface area contributed by atoms with Gasteiger partial charge in [0.05, 0.1) is 0 Å². The second-order valence-electron chi connectivity index (χ2n) is 8.35. The van der Waals surface area contributed by atoms with E-state index >= 15 is 0 Å². The van der Waals surface area contributed by atoms with Gasteiger partial charge >= 0.3 is 0 Å². The minimum absolute atomic E-state index is 1.20. The van der Waals surface area contributed by atoms with Gasteiger partial charge < -0.3 is 0 Å². The molecular formula is C33H32S. The molecule has 0 aromatic heterocycles. The summed E-state index contributed by atoms with van der Waals surface area (Å²) >= 11 is 1.90. The molecule has 170 valence electrons. The summed E-state index contributed by atoms with van der Waals surface area (Å²) in [5, 5.41) is 2.23. The van der Waals surface area contributed by atoms with Crippen LogP contribution < -0.4 is 0 Å². The third kappa shape index (κ3) is 6.40. The zero-order valence-corrected chi connectivity index (χ0v) is 20.7. The van der Waals surface area contributed by atoms with Crippen molar-refractivity contribution in [3.05, 3.63) is 148 Å². The van der Waals surface area contributed by atoms with E-state index in [-0.39, 0.29) is 0 Å². The van der Waals surface area contributed by atoms with E-state index in [9.17, 15) is 0 Å². The first-order chi connectivity index (χ1) is 16.9. The maximum Gasteiger partial charge on any atom is -0.00260 e. The van der Waals surface area contributed by atoms with Crippen LogP contribution in [-0.2, 0) is 0 Å². The maximum absolute atomic E-state index is 2.26. The lowest BCUT2D eigenvalue weighted by Gasteiger charge is -2.18. The molecule has 0 atom stereocenters. The Morgan fingerprint density at radius 2 is 1.00 bits per heavy atom. The second-order valence-corrected chi connectivity index (χ2v) is 9.36. The molecule has 0 radical (unpaired) electrons. The van der Waals surface area contributed by atoms with Crippen LogP contribution in [0.1, 0.15) is 54.0 Å². The minimum Gasteiger partial charge on any atom is -0.134 e. The van der Waals surface area contributed by atoms with Gasteiger partial charge in [-0.3, -0.25) is 0 Å². The fraction of sp³-hybridized carbons (Fsp3) is 0.152. The number of benzene rings is 4. The molecule has 0 amide bonds. The highest BCUT2D eigenvalue weighted by atomic mass is 32.2. The van der Waals surface area contributed by atoms with Crippen LogP contribution in [0.15, 0.2) is 121 Å². The fourth-order valence-corrected chi connectivity index (χ4v) is 4.88. The van der Waals surface area contributed by atoms with E-state index in [0.717, 1.165) is 0 Å². The van der Waals surface area contributed by atoms with E-state index in [4.69, 9.17) is 0 Å². The van der Waals surface area contributed by atoms with Crippen LogP contribution in [0.2, 0.25) is 0 Å². The Bertz CT molecular complexity index is 1150. The van der Waals surface area contributed by atoms with Crippen molar-refractivity contribution in [3.8, 4) is 0 Å². The van der Waals surface area contributed by atoms with E-state index in [1.165, 1.54) is 64.0 Å².